The Hall–Kier alpha value is -0.570. The highest BCUT2D eigenvalue weighted by Gasteiger charge is 2.21. The fraction of sp³-hybridized carbons (Fsp3) is 0.571. The van der Waals surface area contributed by atoms with Crippen molar-refractivity contribution in [3.05, 3.63) is 34.9 Å². The summed E-state index contributed by atoms with van der Waals surface area (Å²) in [4.78, 5) is 2.40. The van der Waals surface area contributed by atoms with Gasteiger partial charge in [-0.05, 0) is 30.5 Å². The van der Waals surface area contributed by atoms with E-state index in [4.69, 9.17) is 16.7 Å². The Bertz CT molecular complexity index is 333. The Balaban J connectivity index is 1.98. The zero-order valence-corrected chi connectivity index (χ0v) is 10.9. The van der Waals surface area contributed by atoms with Crippen LogP contribution >= 0.6 is 11.6 Å². The molecular formula is C14H20ClNO. The van der Waals surface area contributed by atoms with Crippen LogP contribution in [0, 0.1) is 0 Å². The molecule has 0 aromatic heterocycles. The van der Waals surface area contributed by atoms with Gasteiger partial charge in [-0.25, -0.2) is 0 Å². The van der Waals surface area contributed by atoms with Gasteiger partial charge in [0, 0.05) is 24.2 Å². The summed E-state index contributed by atoms with van der Waals surface area (Å²) in [6.07, 6.45) is 5.20. The van der Waals surface area contributed by atoms with Crippen molar-refractivity contribution in [2.45, 2.75) is 38.3 Å². The lowest BCUT2D eigenvalue weighted by atomic mass is 10.1. The van der Waals surface area contributed by atoms with Gasteiger partial charge in [0.25, 0.3) is 0 Å². The fourth-order valence-corrected chi connectivity index (χ4v) is 2.74. The van der Waals surface area contributed by atoms with Crippen LogP contribution in [-0.2, 0) is 6.54 Å². The zero-order chi connectivity index (χ0) is 12.1. The van der Waals surface area contributed by atoms with Crippen LogP contribution in [0.2, 0.25) is 5.02 Å². The van der Waals surface area contributed by atoms with Crippen LogP contribution in [0.3, 0.4) is 0 Å². The molecule has 2 nitrogen and oxygen atoms in total. The van der Waals surface area contributed by atoms with Crippen LogP contribution in [0.25, 0.3) is 0 Å². The third-order valence-electron chi connectivity index (χ3n) is 3.53. The Morgan fingerprint density at radius 2 is 1.82 bits per heavy atom. The summed E-state index contributed by atoms with van der Waals surface area (Å²) >= 11 is 5.88. The molecule has 0 aliphatic heterocycles. The number of hydrogen-bond donors (Lipinski definition) is 1. The van der Waals surface area contributed by atoms with Gasteiger partial charge in [0.2, 0.25) is 0 Å². The number of halogens is 1. The van der Waals surface area contributed by atoms with E-state index in [0.717, 1.165) is 18.1 Å². The second-order valence-electron chi connectivity index (χ2n) is 4.76. The molecule has 0 spiro atoms. The highest BCUT2D eigenvalue weighted by Crippen LogP contribution is 2.24. The lowest BCUT2D eigenvalue weighted by Gasteiger charge is -2.28. The van der Waals surface area contributed by atoms with Crippen molar-refractivity contribution in [3.8, 4) is 0 Å². The maximum Gasteiger partial charge on any atom is 0.0558 e. The molecule has 1 saturated carbocycles. The normalized spacial score (nSPS) is 16.9. The zero-order valence-electron chi connectivity index (χ0n) is 10.1. The van der Waals surface area contributed by atoms with Gasteiger partial charge < -0.3 is 5.11 Å². The molecule has 1 aromatic rings. The van der Waals surface area contributed by atoms with Crippen molar-refractivity contribution < 1.29 is 5.11 Å². The van der Waals surface area contributed by atoms with Crippen molar-refractivity contribution >= 4 is 11.6 Å². The summed E-state index contributed by atoms with van der Waals surface area (Å²) in [5.41, 5.74) is 1.27. The van der Waals surface area contributed by atoms with Crippen molar-refractivity contribution in [2.24, 2.45) is 0 Å². The lowest BCUT2D eigenvalue weighted by molar-refractivity contribution is 0.145. The first-order valence-corrected chi connectivity index (χ1v) is 6.77. The average Bonchev–Trinajstić information content (AvgIpc) is 2.85. The Morgan fingerprint density at radius 1 is 1.18 bits per heavy atom. The smallest absolute Gasteiger partial charge is 0.0558 e. The van der Waals surface area contributed by atoms with Crippen LogP contribution in [0.15, 0.2) is 24.3 Å². The number of rotatable bonds is 5. The van der Waals surface area contributed by atoms with Crippen LogP contribution in [-0.4, -0.2) is 29.2 Å². The van der Waals surface area contributed by atoms with Crippen molar-refractivity contribution in [1.82, 2.24) is 4.90 Å². The second-order valence-corrected chi connectivity index (χ2v) is 5.20. The maximum absolute atomic E-state index is 9.16. The molecule has 3 heteroatoms. The summed E-state index contributed by atoms with van der Waals surface area (Å²) < 4.78 is 0. The summed E-state index contributed by atoms with van der Waals surface area (Å²) in [6.45, 7) is 1.93. The molecular weight excluding hydrogens is 234 g/mol. The summed E-state index contributed by atoms with van der Waals surface area (Å²) in [7, 11) is 0. The molecule has 0 bridgehead atoms. The minimum Gasteiger partial charge on any atom is -0.395 e. The third kappa shape index (κ3) is 3.70. The van der Waals surface area contributed by atoms with Gasteiger partial charge in [0.05, 0.1) is 6.61 Å². The maximum atomic E-state index is 9.16. The van der Waals surface area contributed by atoms with Gasteiger partial charge in [-0.2, -0.15) is 0 Å². The minimum absolute atomic E-state index is 0.240. The molecule has 1 aliphatic rings. The monoisotopic (exact) mass is 253 g/mol. The number of benzene rings is 1. The second kappa shape index (κ2) is 6.39. The van der Waals surface area contributed by atoms with Gasteiger partial charge >= 0.3 is 0 Å². The van der Waals surface area contributed by atoms with E-state index < -0.39 is 0 Å². The first-order valence-electron chi connectivity index (χ1n) is 6.39. The lowest BCUT2D eigenvalue weighted by Crippen LogP contribution is -2.35. The Labute approximate surface area is 108 Å². The van der Waals surface area contributed by atoms with Gasteiger partial charge in [-0.3, -0.25) is 4.90 Å². The number of aliphatic hydroxyl groups excluding tert-OH is 1. The molecule has 0 atom stereocenters. The molecule has 0 radical (unpaired) electrons. The van der Waals surface area contributed by atoms with Gasteiger partial charge in [0.1, 0.15) is 0 Å². The third-order valence-corrected chi connectivity index (χ3v) is 3.78. The van der Waals surface area contributed by atoms with E-state index in [1.165, 1.54) is 31.2 Å². The molecule has 0 saturated heterocycles. The van der Waals surface area contributed by atoms with Gasteiger partial charge in [-0.15, -0.1) is 0 Å². The van der Waals surface area contributed by atoms with E-state index in [2.05, 4.69) is 17.0 Å². The van der Waals surface area contributed by atoms with E-state index in [0.29, 0.717) is 6.04 Å². The van der Waals surface area contributed by atoms with Crippen LogP contribution in [0.4, 0.5) is 0 Å². The Kier molecular flexibility index (Phi) is 4.84. The van der Waals surface area contributed by atoms with Crippen LogP contribution in [0.5, 0.6) is 0 Å². The molecule has 2 rings (SSSR count). The molecule has 1 fully saturated rings. The minimum atomic E-state index is 0.240. The first-order chi connectivity index (χ1) is 8.29. The number of aliphatic hydroxyl groups is 1. The molecule has 1 aliphatic carbocycles. The first kappa shape index (κ1) is 12.9. The molecule has 0 amide bonds. The predicted octanol–water partition coefficient (Wildman–Crippen LogP) is 3.08. The summed E-state index contributed by atoms with van der Waals surface area (Å²) in [6, 6.07) is 8.66. The standard InChI is InChI=1S/C14H20ClNO/c15-13-7-5-12(6-8-13)11-16(9-10-17)14-3-1-2-4-14/h5-8,14,17H,1-4,9-11H2. The van der Waals surface area contributed by atoms with Crippen molar-refractivity contribution in [3.63, 3.8) is 0 Å². The highest BCUT2D eigenvalue weighted by atomic mass is 35.5. The fourth-order valence-electron chi connectivity index (χ4n) is 2.61. The van der Waals surface area contributed by atoms with E-state index in [1.807, 2.05) is 12.1 Å². The molecule has 1 N–H and O–H groups in total. The van der Waals surface area contributed by atoms with Crippen LogP contribution in [0.1, 0.15) is 31.2 Å². The van der Waals surface area contributed by atoms with E-state index >= 15 is 0 Å². The highest BCUT2D eigenvalue weighted by molar-refractivity contribution is 6.30. The molecule has 0 heterocycles. The molecule has 17 heavy (non-hydrogen) atoms. The van der Waals surface area contributed by atoms with Gasteiger partial charge in [-0.1, -0.05) is 36.6 Å². The predicted molar refractivity (Wildman–Crippen MR) is 71.2 cm³/mol. The molecule has 1 aromatic carbocycles. The quantitative estimate of drug-likeness (QED) is 0.872. The van der Waals surface area contributed by atoms with E-state index in [1.54, 1.807) is 0 Å². The van der Waals surface area contributed by atoms with E-state index in [-0.39, 0.29) is 6.61 Å². The van der Waals surface area contributed by atoms with Crippen molar-refractivity contribution in [1.29, 1.82) is 0 Å². The average molecular weight is 254 g/mol. The summed E-state index contributed by atoms with van der Waals surface area (Å²) in [5.74, 6) is 0. The van der Waals surface area contributed by atoms with E-state index in [9.17, 15) is 0 Å². The largest absolute Gasteiger partial charge is 0.395 e. The summed E-state index contributed by atoms with van der Waals surface area (Å²) in [5, 5.41) is 9.94. The number of hydrogen-bond acceptors (Lipinski definition) is 2. The van der Waals surface area contributed by atoms with Crippen molar-refractivity contribution in [2.75, 3.05) is 13.2 Å². The van der Waals surface area contributed by atoms with Gasteiger partial charge in [0.15, 0.2) is 0 Å². The Morgan fingerprint density at radius 3 is 2.41 bits per heavy atom. The molecule has 0 unspecified atom stereocenters. The SMILES string of the molecule is OCCN(Cc1ccc(Cl)cc1)C1CCCC1. The van der Waals surface area contributed by atoms with Crippen LogP contribution < -0.4 is 0 Å². The molecule has 94 valence electrons. The topological polar surface area (TPSA) is 23.5 Å². The number of nitrogens with zero attached hydrogens (tertiary/aromatic N) is 1.